The van der Waals surface area contributed by atoms with Crippen LogP contribution in [0.3, 0.4) is 0 Å². The number of quaternary nitrogens is 1. The molecule has 0 aromatic carbocycles. The molecule has 0 saturated carbocycles. The number of carbonyl (C=O) groups excluding carboxylic acids is 1. The molecule has 0 aromatic heterocycles. The minimum atomic E-state index is -0.446. The third-order valence-electron chi connectivity index (χ3n) is 1.42. The zero-order valence-electron chi connectivity index (χ0n) is 8.70. The maximum absolute atomic E-state index is 11.1. The summed E-state index contributed by atoms with van der Waals surface area (Å²) in [4.78, 5) is 11.1. The fourth-order valence-corrected chi connectivity index (χ4v) is 1.21. The molecule has 0 spiro atoms. The lowest BCUT2D eigenvalue weighted by Crippen LogP contribution is -2.57. The topological polar surface area (TPSA) is 58.6 Å². The highest BCUT2D eigenvalue weighted by Gasteiger charge is 2.20. The smallest absolute Gasteiger partial charge is 0.290 e. The summed E-state index contributed by atoms with van der Waals surface area (Å²) in [6, 6.07) is 0. The predicted octanol–water partition coefficient (Wildman–Crippen LogP) is -0.879. The third kappa shape index (κ3) is 6.51. The number of aliphatic hydroxyl groups excluding tert-OH is 1. The van der Waals surface area contributed by atoms with Crippen molar-refractivity contribution in [1.29, 1.82) is 0 Å². The highest BCUT2D eigenvalue weighted by molar-refractivity contribution is 5.75. The van der Waals surface area contributed by atoms with Gasteiger partial charge in [0.1, 0.15) is 19.3 Å². The van der Waals surface area contributed by atoms with E-state index in [9.17, 15) is 4.79 Å². The first-order valence-electron chi connectivity index (χ1n) is 4.18. The van der Waals surface area contributed by atoms with E-state index < -0.39 is 6.10 Å². The van der Waals surface area contributed by atoms with Crippen molar-refractivity contribution >= 4 is 5.91 Å². The number of amides is 1. The number of carbonyl (C=O) groups is 1. The maximum Gasteiger partial charge on any atom is 0.290 e. The minimum Gasteiger partial charge on any atom is -0.387 e. The number of methoxy groups -OCH3 is 1. The van der Waals surface area contributed by atoms with Gasteiger partial charge in [0.15, 0.2) is 0 Å². The molecule has 0 aliphatic heterocycles. The van der Waals surface area contributed by atoms with Crippen LogP contribution in [0.2, 0.25) is 0 Å². The number of nitrogens with one attached hydrogen (secondary N) is 1. The van der Waals surface area contributed by atoms with Crippen molar-refractivity contribution in [3.63, 3.8) is 0 Å². The lowest BCUT2D eigenvalue weighted by Gasteiger charge is -2.29. The largest absolute Gasteiger partial charge is 0.387 e. The van der Waals surface area contributed by atoms with E-state index in [2.05, 4.69) is 10.2 Å². The molecule has 5 heteroatoms. The van der Waals surface area contributed by atoms with Crippen LogP contribution in [0.5, 0.6) is 0 Å². The number of aliphatic hydroxyl groups is 1. The molecule has 1 atom stereocenters. The van der Waals surface area contributed by atoms with Gasteiger partial charge in [0.25, 0.3) is 5.91 Å². The summed E-state index contributed by atoms with van der Waals surface area (Å²) in [6.45, 7) is 2.19. The van der Waals surface area contributed by atoms with Gasteiger partial charge >= 0.3 is 0 Å². The van der Waals surface area contributed by atoms with Crippen molar-refractivity contribution in [3.8, 4) is 0 Å². The zero-order chi connectivity index (χ0) is 10.5. The molecule has 0 fully saturated rings. The summed E-state index contributed by atoms with van der Waals surface area (Å²) < 4.78 is 4.92. The van der Waals surface area contributed by atoms with E-state index in [0.717, 1.165) is 0 Å². The second-order valence-electron chi connectivity index (χ2n) is 3.68. The molecule has 2 N–H and O–H groups in total. The fraction of sp³-hybridized carbons (Fsp3) is 0.875. The Bertz CT molecular complexity index is 169. The molecule has 0 radical (unpaired) electrons. The SMILES string of the molecule is COCC(=O)N[N+](C)(C)CC(C)O. The first-order valence-corrected chi connectivity index (χ1v) is 4.18. The average molecular weight is 191 g/mol. The van der Waals surface area contributed by atoms with Crippen LogP contribution >= 0.6 is 0 Å². The first-order chi connectivity index (χ1) is 5.87. The lowest BCUT2D eigenvalue weighted by molar-refractivity contribution is -0.927. The summed E-state index contributed by atoms with van der Waals surface area (Å²) in [7, 11) is 5.08. The van der Waals surface area contributed by atoms with Crippen molar-refractivity contribution in [2.45, 2.75) is 13.0 Å². The van der Waals surface area contributed by atoms with Crippen molar-refractivity contribution in [3.05, 3.63) is 0 Å². The Kier molecular flexibility index (Phi) is 4.90. The summed E-state index contributed by atoms with van der Waals surface area (Å²) in [5, 5.41) is 9.13. The van der Waals surface area contributed by atoms with Crippen LogP contribution in [-0.4, -0.2) is 56.1 Å². The van der Waals surface area contributed by atoms with Crippen LogP contribution in [0.4, 0.5) is 0 Å². The molecule has 5 nitrogen and oxygen atoms in total. The number of nitrogens with zero attached hydrogens (tertiary/aromatic N) is 1. The summed E-state index contributed by atoms with van der Waals surface area (Å²) in [5.74, 6) is -0.187. The van der Waals surface area contributed by atoms with Crippen LogP contribution in [0, 0.1) is 0 Å². The van der Waals surface area contributed by atoms with Crippen molar-refractivity contribution in [2.75, 3.05) is 34.4 Å². The second kappa shape index (κ2) is 5.16. The Balaban J connectivity index is 3.93. The van der Waals surface area contributed by atoms with Gasteiger partial charge in [0.05, 0.1) is 14.1 Å². The summed E-state index contributed by atoms with van der Waals surface area (Å²) in [6.07, 6.45) is -0.446. The summed E-state index contributed by atoms with van der Waals surface area (Å²) in [5.41, 5.74) is 2.70. The monoisotopic (exact) mass is 191 g/mol. The predicted molar refractivity (Wildman–Crippen MR) is 48.7 cm³/mol. The molecule has 0 bridgehead atoms. The van der Waals surface area contributed by atoms with Crippen LogP contribution < -0.4 is 5.43 Å². The lowest BCUT2D eigenvalue weighted by atomic mass is 10.4. The van der Waals surface area contributed by atoms with E-state index in [1.165, 1.54) is 7.11 Å². The standard InChI is InChI=1S/C8H18N2O3/c1-7(11)5-10(2,3)9-8(12)6-13-4/h7,11H,5-6H2,1-4H3/p+1. The number of ether oxygens (including phenoxy) is 1. The third-order valence-corrected chi connectivity index (χ3v) is 1.42. The fourth-order valence-electron chi connectivity index (χ4n) is 1.21. The molecule has 1 unspecified atom stereocenters. The van der Waals surface area contributed by atoms with Gasteiger partial charge in [-0.1, -0.05) is 0 Å². The molecule has 0 rings (SSSR count). The quantitative estimate of drug-likeness (QED) is 0.438. The molecule has 78 valence electrons. The number of hydrogen-bond donors (Lipinski definition) is 2. The van der Waals surface area contributed by atoms with E-state index in [-0.39, 0.29) is 17.1 Å². The van der Waals surface area contributed by atoms with E-state index in [1.807, 2.05) is 0 Å². The van der Waals surface area contributed by atoms with Crippen LogP contribution in [0.25, 0.3) is 0 Å². The molecule has 0 aliphatic carbocycles. The molecule has 0 aliphatic rings. The Hall–Kier alpha value is -0.650. The van der Waals surface area contributed by atoms with Crippen molar-refractivity contribution < 1.29 is 19.2 Å². The Morgan fingerprint density at radius 1 is 1.62 bits per heavy atom. The van der Waals surface area contributed by atoms with E-state index in [0.29, 0.717) is 6.54 Å². The zero-order valence-corrected chi connectivity index (χ0v) is 8.70. The normalized spacial score (nSPS) is 13.9. The summed E-state index contributed by atoms with van der Waals surface area (Å²) >= 11 is 0. The van der Waals surface area contributed by atoms with Crippen LogP contribution in [0.1, 0.15) is 6.92 Å². The van der Waals surface area contributed by atoms with Crippen molar-refractivity contribution in [2.24, 2.45) is 0 Å². The van der Waals surface area contributed by atoms with Crippen LogP contribution in [0.15, 0.2) is 0 Å². The van der Waals surface area contributed by atoms with E-state index >= 15 is 0 Å². The Morgan fingerprint density at radius 2 is 2.15 bits per heavy atom. The number of rotatable bonds is 5. The molecule has 0 heterocycles. The van der Waals surface area contributed by atoms with Gasteiger partial charge in [-0.2, -0.15) is 0 Å². The van der Waals surface area contributed by atoms with Gasteiger partial charge < -0.3 is 9.84 Å². The number of likely N-dealkylation sites (N-methyl/N-ethyl adjacent to an activating group) is 1. The Labute approximate surface area is 78.9 Å². The van der Waals surface area contributed by atoms with Crippen LogP contribution in [-0.2, 0) is 9.53 Å². The molecular weight excluding hydrogens is 172 g/mol. The van der Waals surface area contributed by atoms with Gasteiger partial charge in [-0.05, 0) is 6.92 Å². The minimum absolute atomic E-state index is 0.0431. The Morgan fingerprint density at radius 3 is 2.54 bits per heavy atom. The van der Waals surface area contributed by atoms with Gasteiger partial charge in [-0.15, -0.1) is 0 Å². The highest BCUT2D eigenvalue weighted by atomic mass is 16.5. The first kappa shape index (κ1) is 12.3. The molecule has 0 aromatic rings. The van der Waals surface area contributed by atoms with E-state index in [4.69, 9.17) is 5.11 Å². The van der Waals surface area contributed by atoms with E-state index in [1.54, 1.807) is 21.0 Å². The van der Waals surface area contributed by atoms with Gasteiger partial charge in [0.2, 0.25) is 0 Å². The maximum atomic E-state index is 11.1. The second-order valence-corrected chi connectivity index (χ2v) is 3.68. The number of hydrogen-bond acceptors (Lipinski definition) is 3. The van der Waals surface area contributed by atoms with Gasteiger partial charge in [-0.25, -0.2) is 10.0 Å². The molecule has 0 saturated heterocycles. The molecule has 13 heavy (non-hydrogen) atoms. The van der Waals surface area contributed by atoms with Gasteiger partial charge in [-0.3, -0.25) is 4.79 Å². The molecule has 1 amide bonds. The van der Waals surface area contributed by atoms with Crippen molar-refractivity contribution in [1.82, 2.24) is 5.43 Å². The average Bonchev–Trinajstić information content (AvgIpc) is 1.81. The van der Waals surface area contributed by atoms with Gasteiger partial charge in [0, 0.05) is 7.11 Å². The molecular formula is C8H19N2O3+. The highest BCUT2D eigenvalue weighted by Crippen LogP contribution is 1.94.